The number of esters is 3. The molecule has 1 amide bonds. The first-order chi connectivity index (χ1) is 26.9. The van der Waals surface area contributed by atoms with E-state index < -0.39 is 101 Å². The van der Waals surface area contributed by atoms with Crippen LogP contribution in [0.4, 0.5) is 0 Å². The lowest BCUT2D eigenvalue weighted by Crippen LogP contribution is -2.73. The maximum absolute atomic E-state index is 14.5. The zero-order valence-corrected chi connectivity index (χ0v) is 33.1. The van der Waals surface area contributed by atoms with E-state index in [-0.39, 0.29) is 35.3 Å². The predicted octanol–water partition coefficient (Wildman–Crippen LogP) is 3.90. The summed E-state index contributed by atoms with van der Waals surface area (Å²) in [6.45, 7) is 9.58. The number of ketones is 1. The van der Waals surface area contributed by atoms with Gasteiger partial charge in [0.25, 0.3) is 0 Å². The van der Waals surface area contributed by atoms with Crippen LogP contribution in [0.25, 0.3) is 0 Å². The number of fused-ring (bicyclic) bond motifs is 2. The Morgan fingerprint density at radius 3 is 2.14 bits per heavy atom. The average molecular weight is 790 g/mol. The molecule has 2 aromatic rings. The number of carbonyl (C=O) groups is 5. The van der Waals surface area contributed by atoms with Crippen molar-refractivity contribution >= 4 is 29.6 Å². The van der Waals surface area contributed by atoms with Gasteiger partial charge in [-0.05, 0) is 56.5 Å². The molecule has 2 bridgehead atoms. The Hall–Kier alpha value is -5.15. The maximum Gasteiger partial charge on any atom is 0.338 e. The summed E-state index contributed by atoms with van der Waals surface area (Å²) in [7, 11) is 0. The minimum Gasteiger partial charge on any atom is -0.504 e. The molecule has 0 saturated carbocycles. The molecule has 8 atom stereocenters. The Kier molecular flexibility index (Phi) is 12.6. The van der Waals surface area contributed by atoms with Crippen molar-refractivity contribution in [3.8, 4) is 0 Å². The van der Waals surface area contributed by atoms with E-state index in [4.69, 9.17) is 18.9 Å². The predicted molar refractivity (Wildman–Crippen MR) is 204 cm³/mol. The van der Waals surface area contributed by atoms with Crippen molar-refractivity contribution in [2.24, 2.45) is 11.3 Å². The van der Waals surface area contributed by atoms with E-state index >= 15 is 0 Å². The number of aliphatic hydroxyl groups excluding tert-OH is 3. The van der Waals surface area contributed by atoms with E-state index in [1.807, 2.05) is 0 Å². The van der Waals surface area contributed by atoms with Gasteiger partial charge in [0.05, 0.1) is 24.1 Å². The highest BCUT2D eigenvalue weighted by atomic mass is 16.6. The Morgan fingerprint density at radius 1 is 0.982 bits per heavy atom. The van der Waals surface area contributed by atoms with Crippen LogP contribution in [0.15, 0.2) is 94.8 Å². The maximum atomic E-state index is 14.5. The van der Waals surface area contributed by atoms with Crippen molar-refractivity contribution in [3.63, 3.8) is 0 Å². The highest BCUT2D eigenvalue weighted by Gasteiger charge is 2.69. The zero-order valence-electron chi connectivity index (χ0n) is 33.1. The minimum absolute atomic E-state index is 0.0674. The van der Waals surface area contributed by atoms with Crippen LogP contribution in [0.1, 0.15) is 83.3 Å². The molecule has 306 valence electrons. The van der Waals surface area contributed by atoms with E-state index in [0.717, 1.165) is 6.92 Å². The van der Waals surface area contributed by atoms with Crippen molar-refractivity contribution in [1.29, 1.82) is 0 Å². The van der Waals surface area contributed by atoms with Gasteiger partial charge in [0.1, 0.15) is 23.9 Å². The lowest BCUT2D eigenvalue weighted by molar-refractivity contribution is -0.295. The van der Waals surface area contributed by atoms with Gasteiger partial charge in [0.2, 0.25) is 11.7 Å². The van der Waals surface area contributed by atoms with Crippen LogP contribution in [-0.2, 0) is 38.1 Å². The van der Waals surface area contributed by atoms with E-state index in [2.05, 4.69) is 5.32 Å². The fraction of sp³-hybridized carbons (Fsp3) is 0.465. The Labute approximate surface area is 331 Å². The van der Waals surface area contributed by atoms with E-state index in [1.54, 1.807) is 68.5 Å². The molecule has 0 radical (unpaired) electrons. The number of carbonyl (C=O) groups excluding carboxylic acids is 5. The van der Waals surface area contributed by atoms with Crippen LogP contribution in [0.3, 0.4) is 0 Å². The average Bonchev–Trinajstić information content (AvgIpc) is 3.18. The SMILES string of the molecule is C/C=C(\C)C(=O)N[C@@H](c1ccccc1)[C@@H](O)C(=O)O[C@H]1C[C@@]2(O)[C@@H](OC(=O)c3ccccc3)[C@H]([C@]3(OC(C)=O)CO[C@H]3CCO)/C(C)=C(/O)C(=O)C(=C1C)C2(C)C. The second-order valence-electron chi connectivity index (χ2n) is 15.4. The molecule has 2 aromatic carbocycles. The number of aliphatic hydroxyl groups is 4. The topological polar surface area (TPSA) is 215 Å². The first-order valence-electron chi connectivity index (χ1n) is 18.8. The van der Waals surface area contributed by atoms with Crippen molar-refractivity contribution in [3.05, 3.63) is 106 Å². The van der Waals surface area contributed by atoms with Crippen molar-refractivity contribution in [2.75, 3.05) is 13.2 Å². The first-order valence-corrected chi connectivity index (χ1v) is 18.8. The quantitative estimate of drug-likeness (QED) is 0.117. The largest absolute Gasteiger partial charge is 0.504 e. The summed E-state index contributed by atoms with van der Waals surface area (Å²) >= 11 is 0. The van der Waals surface area contributed by atoms with Gasteiger partial charge in [-0.25, -0.2) is 9.59 Å². The molecule has 0 spiro atoms. The van der Waals surface area contributed by atoms with Gasteiger partial charge in [-0.3, -0.25) is 14.4 Å². The molecule has 1 heterocycles. The molecule has 0 aromatic heterocycles. The van der Waals surface area contributed by atoms with Gasteiger partial charge >= 0.3 is 17.9 Å². The van der Waals surface area contributed by atoms with Crippen molar-refractivity contribution in [2.45, 2.75) is 103 Å². The van der Waals surface area contributed by atoms with Crippen LogP contribution >= 0.6 is 0 Å². The van der Waals surface area contributed by atoms with Gasteiger partial charge in [0, 0.05) is 42.9 Å². The lowest BCUT2D eigenvalue weighted by atomic mass is 9.53. The monoisotopic (exact) mass is 789 g/mol. The normalized spacial score (nSPS) is 29.5. The van der Waals surface area contributed by atoms with Crippen molar-refractivity contribution < 1.29 is 63.3 Å². The summed E-state index contributed by atoms with van der Waals surface area (Å²) in [4.78, 5) is 68.4. The molecule has 5 rings (SSSR count). The van der Waals surface area contributed by atoms with Crippen LogP contribution in [0.2, 0.25) is 0 Å². The summed E-state index contributed by atoms with van der Waals surface area (Å²) in [6, 6.07) is 14.9. The third-order valence-electron chi connectivity index (χ3n) is 11.7. The number of rotatable bonds is 12. The van der Waals surface area contributed by atoms with Crippen LogP contribution in [-0.4, -0.2) is 98.9 Å². The van der Waals surface area contributed by atoms with E-state index in [0.29, 0.717) is 11.1 Å². The van der Waals surface area contributed by atoms with Gasteiger partial charge in [0.15, 0.2) is 17.5 Å². The number of hydrogen-bond acceptors (Lipinski definition) is 13. The third kappa shape index (κ3) is 7.78. The summed E-state index contributed by atoms with van der Waals surface area (Å²) < 4.78 is 24.0. The number of nitrogens with one attached hydrogen (secondary N) is 1. The number of benzene rings is 2. The summed E-state index contributed by atoms with van der Waals surface area (Å²) in [5.41, 5.74) is -5.06. The molecular formula is C43H51NO13. The highest BCUT2D eigenvalue weighted by Crippen LogP contribution is 2.58. The van der Waals surface area contributed by atoms with Crippen LogP contribution in [0.5, 0.6) is 0 Å². The number of allylic oxidation sites excluding steroid dienone is 2. The van der Waals surface area contributed by atoms with E-state index in [9.17, 15) is 44.4 Å². The first kappa shape index (κ1) is 43.0. The van der Waals surface area contributed by atoms with E-state index in [1.165, 1.54) is 39.8 Å². The van der Waals surface area contributed by atoms with Crippen molar-refractivity contribution in [1.82, 2.24) is 5.32 Å². The summed E-state index contributed by atoms with van der Waals surface area (Å²) in [5, 5.41) is 49.4. The smallest absolute Gasteiger partial charge is 0.338 e. The fourth-order valence-corrected chi connectivity index (χ4v) is 8.38. The molecule has 3 aliphatic rings. The summed E-state index contributed by atoms with van der Waals surface area (Å²) in [6.07, 6.45) is -5.24. The lowest BCUT2D eigenvalue weighted by Gasteiger charge is -2.60. The highest BCUT2D eigenvalue weighted by molar-refractivity contribution is 6.09. The zero-order chi connectivity index (χ0) is 42.0. The second kappa shape index (κ2) is 16.8. The van der Waals surface area contributed by atoms with Gasteiger partial charge < -0.3 is 44.7 Å². The number of hydrogen-bond donors (Lipinski definition) is 5. The molecule has 57 heavy (non-hydrogen) atoms. The number of Topliss-reactive ketones (excluding diaryl/α,β-unsaturated/α-hetero) is 1. The molecule has 1 saturated heterocycles. The number of amides is 1. The molecule has 1 aliphatic heterocycles. The minimum atomic E-state index is -2.34. The summed E-state index contributed by atoms with van der Waals surface area (Å²) in [5.74, 6) is -6.62. The van der Waals surface area contributed by atoms with Crippen LogP contribution < -0.4 is 5.32 Å². The molecule has 2 aliphatic carbocycles. The molecule has 14 nitrogen and oxygen atoms in total. The Bertz CT molecular complexity index is 1990. The second-order valence-corrected chi connectivity index (χ2v) is 15.4. The van der Waals surface area contributed by atoms with Crippen LogP contribution in [0, 0.1) is 11.3 Å². The molecule has 5 N–H and O–H groups in total. The number of ether oxygens (including phenoxy) is 4. The van der Waals surface area contributed by atoms with Gasteiger partial charge in [-0.1, -0.05) is 68.5 Å². The third-order valence-corrected chi connectivity index (χ3v) is 11.7. The Morgan fingerprint density at radius 2 is 1.60 bits per heavy atom. The van der Waals surface area contributed by atoms with Gasteiger partial charge in [-0.15, -0.1) is 0 Å². The molecule has 14 heteroatoms. The molecule has 1 fully saturated rings. The molecule has 0 unspecified atom stereocenters. The fourth-order valence-electron chi connectivity index (χ4n) is 8.38. The standard InChI is InChI=1S/C43H51NO13/c1-8-23(2)38(50)44-33(27-15-11-9-12-16-27)36(49)40(52)55-29-21-43(53)37(56-39(51)28-17-13-10-14-18-28)32(42(57-26(5)46)22-54-30(42)19-20-45)25(4)34(47)35(48)31(24(29)3)41(43,6)7/h8-18,29-30,32-33,36-37,45,47,49,53H,19-22H2,1-7H3,(H,44,50)/b23-8+,34-25+/t29-,30-,32+,33-,36+,37-,42-,43+/m0/s1. The van der Waals surface area contributed by atoms with Gasteiger partial charge in [-0.2, -0.15) is 0 Å². The Balaban J connectivity index is 1.68. The molecular weight excluding hydrogens is 738 g/mol.